The lowest BCUT2D eigenvalue weighted by atomic mass is 10.1. The zero-order valence-electron chi connectivity index (χ0n) is 8.28. The van der Waals surface area contributed by atoms with Crippen molar-refractivity contribution in [3.8, 4) is 0 Å². The van der Waals surface area contributed by atoms with Crippen LogP contribution < -0.4 is 11.1 Å². The van der Waals surface area contributed by atoms with E-state index in [9.17, 15) is 9.59 Å². The minimum atomic E-state index is -1.18. The molecule has 0 aromatic carbocycles. The standard InChI is InChI=1S/C8H16N2O4/c1-8(2,9)7(14)10-5(3-4-11)6(12)13/h5,11H,3-4,9H2,1-2H3,(H,10,14)(H,12,13)/t5-/m1/s1. The Kier molecular flexibility index (Phi) is 4.52. The number of amides is 1. The third kappa shape index (κ3) is 4.20. The second-order valence-electron chi connectivity index (χ2n) is 3.60. The molecule has 0 fully saturated rings. The fraction of sp³-hybridized carbons (Fsp3) is 0.750. The largest absolute Gasteiger partial charge is 0.480 e. The molecule has 82 valence electrons. The van der Waals surface area contributed by atoms with Crippen LogP contribution in [0.4, 0.5) is 0 Å². The highest BCUT2D eigenvalue weighted by atomic mass is 16.4. The number of nitrogens with two attached hydrogens (primary N) is 1. The predicted molar refractivity (Wildman–Crippen MR) is 49.5 cm³/mol. The van der Waals surface area contributed by atoms with Crippen LogP contribution in [-0.4, -0.2) is 40.3 Å². The number of aliphatic hydroxyl groups excluding tert-OH is 1. The lowest BCUT2D eigenvalue weighted by Gasteiger charge is -2.21. The van der Waals surface area contributed by atoms with Crippen molar-refractivity contribution < 1.29 is 19.8 Å². The zero-order chi connectivity index (χ0) is 11.4. The monoisotopic (exact) mass is 204 g/mol. The number of carboxylic acids is 1. The molecule has 0 spiro atoms. The second-order valence-corrected chi connectivity index (χ2v) is 3.60. The first-order valence-corrected chi connectivity index (χ1v) is 4.22. The molecule has 0 saturated carbocycles. The highest BCUT2D eigenvalue weighted by Crippen LogP contribution is 1.99. The quantitative estimate of drug-likeness (QED) is 0.443. The maximum absolute atomic E-state index is 11.3. The Morgan fingerprint density at radius 1 is 1.50 bits per heavy atom. The van der Waals surface area contributed by atoms with Gasteiger partial charge in [-0.2, -0.15) is 0 Å². The Morgan fingerprint density at radius 3 is 2.29 bits per heavy atom. The minimum Gasteiger partial charge on any atom is -0.480 e. The summed E-state index contributed by atoms with van der Waals surface area (Å²) >= 11 is 0. The van der Waals surface area contributed by atoms with Gasteiger partial charge in [-0.05, 0) is 13.8 Å². The fourth-order valence-electron chi connectivity index (χ4n) is 0.731. The van der Waals surface area contributed by atoms with Gasteiger partial charge in [0.25, 0.3) is 0 Å². The maximum atomic E-state index is 11.3. The van der Waals surface area contributed by atoms with Crippen LogP contribution >= 0.6 is 0 Å². The van der Waals surface area contributed by atoms with Crippen LogP contribution in [0, 0.1) is 0 Å². The summed E-state index contributed by atoms with van der Waals surface area (Å²) < 4.78 is 0. The predicted octanol–water partition coefficient (Wildman–Crippen LogP) is -1.32. The molecule has 14 heavy (non-hydrogen) atoms. The van der Waals surface area contributed by atoms with Crippen LogP contribution in [0.2, 0.25) is 0 Å². The van der Waals surface area contributed by atoms with Crippen LogP contribution in [0.5, 0.6) is 0 Å². The van der Waals surface area contributed by atoms with E-state index in [4.69, 9.17) is 15.9 Å². The van der Waals surface area contributed by atoms with Crippen molar-refractivity contribution in [1.29, 1.82) is 0 Å². The van der Waals surface area contributed by atoms with Gasteiger partial charge in [0, 0.05) is 13.0 Å². The van der Waals surface area contributed by atoms with Gasteiger partial charge in [0.05, 0.1) is 5.54 Å². The third-order valence-electron chi connectivity index (χ3n) is 1.61. The normalized spacial score (nSPS) is 13.4. The van der Waals surface area contributed by atoms with E-state index < -0.39 is 23.5 Å². The molecule has 0 aliphatic rings. The molecule has 0 radical (unpaired) electrons. The number of nitrogens with one attached hydrogen (secondary N) is 1. The molecule has 0 rings (SSSR count). The molecule has 0 unspecified atom stereocenters. The third-order valence-corrected chi connectivity index (χ3v) is 1.61. The number of carbonyl (C=O) groups excluding carboxylic acids is 1. The summed E-state index contributed by atoms with van der Waals surface area (Å²) in [6.07, 6.45) is -0.0306. The van der Waals surface area contributed by atoms with E-state index in [2.05, 4.69) is 5.32 Å². The van der Waals surface area contributed by atoms with Crippen LogP contribution in [-0.2, 0) is 9.59 Å². The molecular weight excluding hydrogens is 188 g/mol. The van der Waals surface area contributed by atoms with E-state index in [0.717, 1.165) is 0 Å². The van der Waals surface area contributed by atoms with Crippen LogP contribution in [0.1, 0.15) is 20.3 Å². The van der Waals surface area contributed by atoms with Crippen molar-refractivity contribution in [1.82, 2.24) is 5.32 Å². The van der Waals surface area contributed by atoms with Crippen molar-refractivity contribution in [2.75, 3.05) is 6.61 Å². The number of aliphatic hydroxyl groups is 1. The molecule has 1 atom stereocenters. The number of carboxylic acid groups (broad SMARTS) is 1. The van der Waals surface area contributed by atoms with Gasteiger partial charge in [0.15, 0.2) is 0 Å². The Labute approximate surface area is 82.1 Å². The van der Waals surface area contributed by atoms with Crippen molar-refractivity contribution in [2.45, 2.75) is 31.8 Å². The van der Waals surface area contributed by atoms with Crippen LogP contribution in [0.15, 0.2) is 0 Å². The molecule has 5 N–H and O–H groups in total. The highest BCUT2D eigenvalue weighted by Gasteiger charge is 2.27. The molecule has 0 aliphatic carbocycles. The molecule has 1 amide bonds. The summed E-state index contributed by atoms with van der Waals surface area (Å²) in [5.41, 5.74) is 4.33. The van der Waals surface area contributed by atoms with E-state index in [0.29, 0.717) is 0 Å². The first-order valence-electron chi connectivity index (χ1n) is 4.22. The van der Waals surface area contributed by atoms with Crippen molar-refractivity contribution in [3.63, 3.8) is 0 Å². The van der Waals surface area contributed by atoms with Gasteiger partial charge in [0.2, 0.25) is 5.91 Å². The number of aliphatic carboxylic acids is 1. The average Bonchev–Trinajstić information content (AvgIpc) is 2.01. The topological polar surface area (TPSA) is 113 Å². The molecule has 0 bridgehead atoms. The van der Waals surface area contributed by atoms with Gasteiger partial charge in [-0.15, -0.1) is 0 Å². The van der Waals surface area contributed by atoms with E-state index in [1.807, 2.05) is 0 Å². The average molecular weight is 204 g/mol. The fourth-order valence-corrected chi connectivity index (χ4v) is 0.731. The Morgan fingerprint density at radius 2 is 2.00 bits per heavy atom. The summed E-state index contributed by atoms with van der Waals surface area (Å²) in [6, 6.07) is -1.09. The van der Waals surface area contributed by atoms with Crippen molar-refractivity contribution in [3.05, 3.63) is 0 Å². The molecule has 0 aromatic heterocycles. The maximum Gasteiger partial charge on any atom is 0.326 e. The molecular formula is C8H16N2O4. The van der Waals surface area contributed by atoms with Gasteiger partial charge in [0.1, 0.15) is 6.04 Å². The number of hydrogen-bond acceptors (Lipinski definition) is 4. The summed E-state index contributed by atoms with van der Waals surface area (Å²) in [7, 11) is 0. The first-order chi connectivity index (χ1) is 6.29. The summed E-state index contributed by atoms with van der Waals surface area (Å²) in [4.78, 5) is 21.9. The summed E-state index contributed by atoms with van der Waals surface area (Å²) in [6.45, 7) is 2.64. The van der Waals surface area contributed by atoms with Crippen molar-refractivity contribution >= 4 is 11.9 Å². The number of rotatable bonds is 5. The van der Waals surface area contributed by atoms with E-state index in [1.54, 1.807) is 0 Å². The lowest BCUT2D eigenvalue weighted by Crippen LogP contribution is -2.54. The van der Waals surface area contributed by atoms with Gasteiger partial charge >= 0.3 is 5.97 Å². The van der Waals surface area contributed by atoms with Crippen LogP contribution in [0.3, 0.4) is 0 Å². The van der Waals surface area contributed by atoms with Crippen LogP contribution in [0.25, 0.3) is 0 Å². The minimum absolute atomic E-state index is 0.0306. The summed E-state index contributed by atoms with van der Waals surface area (Å²) in [5.74, 6) is -1.74. The van der Waals surface area contributed by atoms with E-state index in [-0.39, 0.29) is 13.0 Å². The second kappa shape index (κ2) is 4.92. The lowest BCUT2D eigenvalue weighted by molar-refractivity contribution is -0.142. The van der Waals surface area contributed by atoms with E-state index >= 15 is 0 Å². The van der Waals surface area contributed by atoms with Gasteiger partial charge in [-0.25, -0.2) is 4.79 Å². The first kappa shape index (κ1) is 12.9. The van der Waals surface area contributed by atoms with Gasteiger partial charge < -0.3 is 21.3 Å². The molecule has 0 heterocycles. The van der Waals surface area contributed by atoms with E-state index in [1.165, 1.54) is 13.8 Å². The number of hydrogen-bond donors (Lipinski definition) is 4. The zero-order valence-corrected chi connectivity index (χ0v) is 8.28. The van der Waals surface area contributed by atoms with Gasteiger partial charge in [-0.1, -0.05) is 0 Å². The molecule has 6 nitrogen and oxygen atoms in total. The number of carbonyl (C=O) groups is 2. The SMILES string of the molecule is CC(C)(N)C(=O)N[C@H](CCO)C(=O)O. The molecule has 6 heteroatoms. The van der Waals surface area contributed by atoms with Gasteiger partial charge in [-0.3, -0.25) is 4.79 Å². The summed E-state index contributed by atoms with van der Waals surface area (Å²) in [5, 5.41) is 19.4. The smallest absolute Gasteiger partial charge is 0.326 e. The molecule has 0 saturated heterocycles. The Balaban J connectivity index is 4.31. The molecule has 0 aromatic rings. The highest BCUT2D eigenvalue weighted by molar-refractivity contribution is 5.89. The Bertz CT molecular complexity index is 222. The Hall–Kier alpha value is -1.14. The van der Waals surface area contributed by atoms with Crippen molar-refractivity contribution in [2.24, 2.45) is 5.73 Å². The molecule has 0 aliphatic heterocycles.